The first-order valence-electron chi connectivity index (χ1n) is 10.3. The van der Waals surface area contributed by atoms with Crippen LogP contribution in [0, 0.1) is 20.8 Å². The van der Waals surface area contributed by atoms with Crippen molar-refractivity contribution < 1.29 is 19.4 Å². The number of carbonyl (C=O) groups excluding carboxylic acids is 2. The van der Waals surface area contributed by atoms with Gasteiger partial charge in [0.2, 0.25) is 0 Å². The number of ketones is 1. The van der Waals surface area contributed by atoms with Gasteiger partial charge < -0.3 is 9.84 Å². The third-order valence-electron chi connectivity index (χ3n) is 5.65. The van der Waals surface area contributed by atoms with Crippen molar-refractivity contribution in [1.29, 1.82) is 0 Å². The number of methoxy groups -OCH3 is 1. The molecule has 0 bridgehead atoms. The zero-order valence-electron chi connectivity index (χ0n) is 18.4. The maximum Gasteiger partial charge on any atom is 0.300 e. The first-order valence-corrected chi connectivity index (χ1v) is 10.3. The fraction of sp³-hybridized carbons (Fsp3) is 0.192. The van der Waals surface area contributed by atoms with E-state index in [2.05, 4.69) is 4.98 Å². The Balaban J connectivity index is 2.01. The molecular weight excluding hydrogens is 404 g/mol. The van der Waals surface area contributed by atoms with Gasteiger partial charge in [-0.3, -0.25) is 19.5 Å². The van der Waals surface area contributed by atoms with E-state index in [9.17, 15) is 14.7 Å². The van der Waals surface area contributed by atoms with E-state index in [0.29, 0.717) is 22.7 Å². The van der Waals surface area contributed by atoms with E-state index in [4.69, 9.17) is 4.74 Å². The standard InChI is InChI=1S/C26H24N2O4/c1-15-9-11-21(32-4)18(13-15)24(29)22-23(19-7-5-6-12-27-19)28(26(31)25(22)30)20-14-16(2)8-10-17(20)3/h5-14,23,29H,1-4H3/b24-22+. The minimum absolute atomic E-state index is 0.0153. The van der Waals surface area contributed by atoms with Gasteiger partial charge in [0.25, 0.3) is 11.7 Å². The zero-order valence-corrected chi connectivity index (χ0v) is 18.4. The van der Waals surface area contributed by atoms with Crippen LogP contribution in [0.25, 0.3) is 5.76 Å². The molecule has 0 aliphatic carbocycles. The Morgan fingerprint density at radius 2 is 1.72 bits per heavy atom. The van der Waals surface area contributed by atoms with Gasteiger partial charge in [-0.25, -0.2) is 0 Å². The molecule has 32 heavy (non-hydrogen) atoms. The summed E-state index contributed by atoms with van der Waals surface area (Å²) in [6.45, 7) is 5.68. The maximum atomic E-state index is 13.3. The Labute approximate surface area is 186 Å². The molecule has 1 fully saturated rings. The molecule has 0 spiro atoms. The van der Waals surface area contributed by atoms with Crippen molar-refractivity contribution in [1.82, 2.24) is 4.98 Å². The number of hydrogen-bond acceptors (Lipinski definition) is 5. The summed E-state index contributed by atoms with van der Waals surface area (Å²) >= 11 is 0. The van der Waals surface area contributed by atoms with Crippen LogP contribution in [0.4, 0.5) is 5.69 Å². The van der Waals surface area contributed by atoms with Crippen LogP contribution in [-0.4, -0.2) is 28.9 Å². The number of benzene rings is 2. The van der Waals surface area contributed by atoms with E-state index in [1.165, 1.54) is 12.0 Å². The lowest BCUT2D eigenvalue weighted by Gasteiger charge is -2.26. The molecule has 1 aliphatic heterocycles. The first kappa shape index (κ1) is 21.3. The maximum absolute atomic E-state index is 13.3. The number of nitrogens with zero attached hydrogens (tertiary/aromatic N) is 2. The highest BCUT2D eigenvalue weighted by atomic mass is 16.5. The monoisotopic (exact) mass is 428 g/mol. The number of rotatable bonds is 4. The number of aryl methyl sites for hydroxylation is 3. The van der Waals surface area contributed by atoms with Crippen LogP contribution in [0.15, 0.2) is 66.4 Å². The van der Waals surface area contributed by atoms with Gasteiger partial charge >= 0.3 is 0 Å². The van der Waals surface area contributed by atoms with Gasteiger partial charge in [-0.2, -0.15) is 0 Å². The number of anilines is 1. The molecule has 1 N–H and O–H groups in total. The number of Topliss-reactive ketones (excluding diaryl/α,β-unsaturated/α-hetero) is 1. The molecule has 2 heterocycles. The predicted molar refractivity (Wildman–Crippen MR) is 123 cm³/mol. The summed E-state index contributed by atoms with van der Waals surface area (Å²) in [7, 11) is 1.49. The Hall–Kier alpha value is -3.93. The Bertz CT molecular complexity index is 1250. The number of aromatic nitrogens is 1. The molecule has 1 atom stereocenters. The van der Waals surface area contributed by atoms with Crippen molar-refractivity contribution in [3.63, 3.8) is 0 Å². The number of hydrogen-bond donors (Lipinski definition) is 1. The third-order valence-corrected chi connectivity index (χ3v) is 5.65. The number of pyridine rings is 1. The molecule has 6 nitrogen and oxygen atoms in total. The highest BCUT2D eigenvalue weighted by molar-refractivity contribution is 6.51. The molecule has 3 aromatic rings. The Kier molecular flexibility index (Phi) is 5.53. The largest absolute Gasteiger partial charge is 0.507 e. The SMILES string of the molecule is COc1ccc(C)cc1/C(O)=C1\C(=O)C(=O)N(c2cc(C)ccc2C)C1c1ccccn1. The minimum Gasteiger partial charge on any atom is -0.507 e. The summed E-state index contributed by atoms with van der Waals surface area (Å²) in [6.07, 6.45) is 1.60. The van der Waals surface area contributed by atoms with Gasteiger partial charge in [-0.1, -0.05) is 29.8 Å². The number of aliphatic hydroxyl groups is 1. The second-order valence-corrected chi connectivity index (χ2v) is 7.92. The van der Waals surface area contributed by atoms with Crippen molar-refractivity contribution in [2.24, 2.45) is 0 Å². The van der Waals surface area contributed by atoms with Crippen LogP contribution < -0.4 is 9.64 Å². The summed E-state index contributed by atoms with van der Waals surface area (Å²) < 4.78 is 5.41. The van der Waals surface area contributed by atoms with E-state index < -0.39 is 17.7 Å². The molecule has 1 unspecified atom stereocenters. The fourth-order valence-corrected chi connectivity index (χ4v) is 4.03. The van der Waals surface area contributed by atoms with E-state index in [1.807, 2.05) is 45.0 Å². The summed E-state index contributed by atoms with van der Waals surface area (Å²) in [6, 6.07) is 15.4. The smallest absolute Gasteiger partial charge is 0.300 e. The highest BCUT2D eigenvalue weighted by Crippen LogP contribution is 2.43. The molecule has 1 aliphatic rings. The van der Waals surface area contributed by atoms with Gasteiger partial charge in [-0.15, -0.1) is 0 Å². The van der Waals surface area contributed by atoms with E-state index in [0.717, 1.165) is 16.7 Å². The molecule has 1 aromatic heterocycles. The van der Waals surface area contributed by atoms with Crippen LogP contribution in [0.1, 0.15) is 34.0 Å². The zero-order chi connectivity index (χ0) is 23.0. The summed E-state index contributed by atoms with van der Waals surface area (Å²) in [5, 5.41) is 11.3. The van der Waals surface area contributed by atoms with Crippen molar-refractivity contribution in [2.75, 3.05) is 12.0 Å². The van der Waals surface area contributed by atoms with Crippen LogP contribution in [0.3, 0.4) is 0 Å². The third kappa shape index (κ3) is 3.54. The van der Waals surface area contributed by atoms with E-state index in [-0.39, 0.29) is 11.3 Å². The van der Waals surface area contributed by atoms with Gasteiger partial charge in [-0.05, 0) is 62.2 Å². The first-order chi connectivity index (χ1) is 15.3. The summed E-state index contributed by atoms with van der Waals surface area (Å²) in [4.78, 5) is 32.4. The number of amides is 1. The minimum atomic E-state index is -0.873. The topological polar surface area (TPSA) is 79.7 Å². The molecule has 4 rings (SSSR count). The number of aliphatic hydroxyl groups excluding tert-OH is 1. The molecule has 2 aromatic carbocycles. The summed E-state index contributed by atoms with van der Waals surface area (Å²) in [5.74, 6) is -1.34. The number of carbonyl (C=O) groups is 2. The van der Waals surface area contributed by atoms with Gasteiger partial charge in [0.1, 0.15) is 17.6 Å². The van der Waals surface area contributed by atoms with Gasteiger partial charge in [0.15, 0.2) is 0 Å². The van der Waals surface area contributed by atoms with Crippen LogP contribution in [0.5, 0.6) is 5.75 Å². The van der Waals surface area contributed by atoms with E-state index >= 15 is 0 Å². The van der Waals surface area contributed by atoms with Crippen LogP contribution >= 0.6 is 0 Å². The van der Waals surface area contributed by atoms with Crippen molar-refractivity contribution in [3.05, 3.63) is 94.3 Å². The van der Waals surface area contributed by atoms with Crippen molar-refractivity contribution in [2.45, 2.75) is 26.8 Å². The molecule has 1 amide bonds. The second kappa shape index (κ2) is 8.30. The normalized spacial score (nSPS) is 17.6. The molecule has 0 radical (unpaired) electrons. The summed E-state index contributed by atoms with van der Waals surface area (Å²) in [5.41, 5.74) is 4.11. The second-order valence-electron chi connectivity index (χ2n) is 7.92. The molecule has 162 valence electrons. The van der Waals surface area contributed by atoms with Gasteiger partial charge in [0.05, 0.1) is 23.9 Å². The average molecular weight is 428 g/mol. The average Bonchev–Trinajstić information content (AvgIpc) is 3.06. The molecule has 0 saturated carbocycles. The molecule has 6 heteroatoms. The molecular formula is C26H24N2O4. The fourth-order valence-electron chi connectivity index (χ4n) is 4.03. The highest BCUT2D eigenvalue weighted by Gasteiger charge is 2.48. The van der Waals surface area contributed by atoms with Gasteiger partial charge in [0, 0.05) is 11.9 Å². The lowest BCUT2D eigenvalue weighted by Crippen LogP contribution is -2.30. The quantitative estimate of drug-likeness (QED) is 0.372. The van der Waals surface area contributed by atoms with Crippen molar-refractivity contribution in [3.8, 4) is 5.75 Å². The lowest BCUT2D eigenvalue weighted by molar-refractivity contribution is -0.132. The Morgan fingerprint density at radius 1 is 1.00 bits per heavy atom. The molecule has 1 saturated heterocycles. The lowest BCUT2D eigenvalue weighted by atomic mass is 9.96. The van der Waals surface area contributed by atoms with Crippen LogP contribution in [-0.2, 0) is 9.59 Å². The van der Waals surface area contributed by atoms with E-state index in [1.54, 1.807) is 36.5 Å². The predicted octanol–water partition coefficient (Wildman–Crippen LogP) is 4.64. The van der Waals surface area contributed by atoms with Crippen molar-refractivity contribution >= 4 is 23.1 Å². The Morgan fingerprint density at radius 3 is 2.41 bits per heavy atom. The number of ether oxygens (including phenoxy) is 1. The van der Waals surface area contributed by atoms with Crippen LogP contribution in [0.2, 0.25) is 0 Å².